The van der Waals surface area contributed by atoms with Crippen LogP contribution in [0.15, 0.2) is 29.2 Å². The third-order valence-electron chi connectivity index (χ3n) is 3.54. The maximum atomic E-state index is 12.1. The molecule has 1 amide bonds. The van der Waals surface area contributed by atoms with Crippen LogP contribution in [0.2, 0.25) is 0 Å². The number of sulfone groups is 1. The number of hydrogen-bond donors (Lipinski definition) is 2. The van der Waals surface area contributed by atoms with Crippen molar-refractivity contribution in [3.05, 3.63) is 29.8 Å². The summed E-state index contributed by atoms with van der Waals surface area (Å²) in [4.78, 5) is 12.3. The molecule has 1 fully saturated rings. The Labute approximate surface area is 119 Å². The Morgan fingerprint density at radius 2 is 1.90 bits per heavy atom. The highest BCUT2D eigenvalue weighted by Gasteiger charge is 2.19. The molecule has 0 bridgehead atoms. The van der Waals surface area contributed by atoms with Crippen molar-refractivity contribution in [2.45, 2.75) is 36.7 Å². The fraction of sp³-hybridized carbons (Fsp3) is 0.500. The van der Waals surface area contributed by atoms with E-state index in [0.717, 1.165) is 25.6 Å². The van der Waals surface area contributed by atoms with Gasteiger partial charge in [-0.25, -0.2) is 8.42 Å². The number of hydrogen-bond acceptors (Lipinski definition) is 4. The van der Waals surface area contributed by atoms with Gasteiger partial charge in [0.05, 0.1) is 4.90 Å². The fourth-order valence-electron chi connectivity index (χ4n) is 2.24. The highest BCUT2D eigenvalue weighted by Crippen LogP contribution is 2.12. The zero-order valence-electron chi connectivity index (χ0n) is 11.7. The van der Waals surface area contributed by atoms with E-state index in [9.17, 15) is 13.2 Å². The Morgan fingerprint density at radius 3 is 2.40 bits per heavy atom. The number of nitrogens with one attached hydrogen (secondary N) is 2. The lowest BCUT2D eigenvalue weighted by Crippen LogP contribution is -2.48. The average Bonchev–Trinajstić information content (AvgIpc) is 2.40. The van der Waals surface area contributed by atoms with E-state index in [4.69, 9.17) is 0 Å². The molecular weight excluding hydrogens is 276 g/mol. The van der Waals surface area contributed by atoms with Gasteiger partial charge >= 0.3 is 0 Å². The highest BCUT2D eigenvalue weighted by atomic mass is 32.2. The first-order chi connectivity index (χ1) is 9.36. The maximum absolute atomic E-state index is 12.1. The summed E-state index contributed by atoms with van der Waals surface area (Å²) < 4.78 is 22.7. The summed E-state index contributed by atoms with van der Waals surface area (Å²) in [6.45, 7) is 2.90. The molecule has 0 aliphatic carbocycles. The molecule has 1 aromatic rings. The molecule has 5 nitrogen and oxygen atoms in total. The van der Waals surface area contributed by atoms with Gasteiger partial charge < -0.3 is 10.6 Å². The number of benzene rings is 1. The first-order valence-corrected chi connectivity index (χ1v) is 8.60. The third-order valence-corrected chi connectivity index (χ3v) is 4.67. The van der Waals surface area contributed by atoms with Crippen LogP contribution in [-0.4, -0.2) is 39.2 Å². The van der Waals surface area contributed by atoms with Crippen molar-refractivity contribution in [2.24, 2.45) is 0 Å². The zero-order chi connectivity index (χ0) is 14.8. The van der Waals surface area contributed by atoms with Crippen LogP contribution in [0.3, 0.4) is 0 Å². The van der Waals surface area contributed by atoms with E-state index >= 15 is 0 Å². The molecule has 2 rings (SSSR count). The third kappa shape index (κ3) is 3.80. The molecule has 1 aliphatic heterocycles. The molecule has 1 aromatic carbocycles. The second-order valence-corrected chi connectivity index (χ2v) is 7.37. The van der Waals surface area contributed by atoms with Gasteiger partial charge in [0, 0.05) is 30.4 Å². The van der Waals surface area contributed by atoms with E-state index in [2.05, 4.69) is 17.6 Å². The molecule has 1 saturated heterocycles. The Bertz CT molecular complexity index is 573. The van der Waals surface area contributed by atoms with Gasteiger partial charge in [0.15, 0.2) is 9.84 Å². The molecule has 6 heteroatoms. The zero-order valence-corrected chi connectivity index (χ0v) is 12.5. The van der Waals surface area contributed by atoms with Gasteiger partial charge in [-0.05, 0) is 44.0 Å². The van der Waals surface area contributed by atoms with E-state index in [1.54, 1.807) is 12.1 Å². The lowest BCUT2D eigenvalue weighted by atomic mass is 10.0. The van der Waals surface area contributed by atoms with Crippen LogP contribution < -0.4 is 10.6 Å². The summed E-state index contributed by atoms with van der Waals surface area (Å²) in [6.07, 6.45) is 3.15. The van der Waals surface area contributed by atoms with Crippen LogP contribution in [0.25, 0.3) is 0 Å². The fourth-order valence-corrected chi connectivity index (χ4v) is 2.87. The van der Waals surface area contributed by atoms with Crippen molar-refractivity contribution in [2.75, 3.05) is 12.8 Å². The molecule has 0 spiro atoms. The van der Waals surface area contributed by atoms with Gasteiger partial charge in [-0.2, -0.15) is 0 Å². The average molecular weight is 296 g/mol. The summed E-state index contributed by atoms with van der Waals surface area (Å²) in [5, 5.41) is 6.29. The SMILES string of the molecule is CC1CCC(NC(=O)c2ccc(S(C)(=O)=O)cc2)CN1. The van der Waals surface area contributed by atoms with Crippen LogP contribution in [0, 0.1) is 0 Å². The quantitative estimate of drug-likeness (QED) is 0.871. The van der Waals surface area contributed by atoms with Crippen LogP contribution >= 0.6 is 0 Å². The molecule has 2 N–H and O–H groups in total. The lowest BCUT2D eigenvalue weighted by molar-refractivity contribution is 0.0927. The smallest absolute Gasteiger partial charge is 0.251 e. The van der Waals surface area contributed by atoms with Crippen molar-refractivity contribution in [3.8, 4) is 0 Å². The predicted molar refractivity (Wildman–Crippen MR) is 77.5 cm³/mol. The van der Waals surface area contributed by atoms with Gasteiger partial charge in [0.1, 0.15) is 0 Å². The van der Waals surface area contributed by atoms with Gasteiger partial charge in [0.25, 0.3) is 5.91 Å². The summed E-state index contributed by atoms with van der Waals surface area (Å²) >= 11 is 0. The van der Waals surface area contributed by atoms with Crippen molar-refractivity contribution >= 4 is 15.7 Å². The second kappa shape index (κ2) is 5.93. The molecule has 110 valence electrons. The minimum atomic E-state index is -3.22. The van der Waals surface area contributed by atoms with E-state index < -0.39 is 9.84 Å². The normalized spacial score (nSPS) is 23.3. The Morgan fingerprint density at radius 1 is 1.25 bits per heavy atom. The molecule has 2 unspecified atom stereocenters. The molecular formula is C14H20N2O3S. The molecule has 1 heterocycles. The standard InChI is InChI=1S/C14H20N2O3S/c1-10-3-6-12(9-15-10)16-14(17)11-4-7-13(8-5-11)20(2,18)19/h4-5,7-8,10,12,15H,3,6,9H2,1-2H3,(H,16,17). The van der Waals surface area contributed by atoms with Crippen molar-refractivity contribution in [1.29, 1.82) is 0 Å². The number of rotatable bonds is 3. The maximum Gasteiger partial charge on any atom is 0.251 e. The summed E-state index contributed by atoms with van der Waals surface area (Å²) in [7, 11) is -3.22. The highest BCUT2D eigenvalue weighted by molar-refractivity contribution is 7.90. The first kappa shape index (κ1) is 15.0. The monoisotopic (exact) mass is 296 g/mol. The molecule has 2 atom stereocenters. The van der Waals surface area contributed by atoms with Gasteiger partial charge in [-0.3, -0.25) is 4.79 Å². The number of piperidine rings is 1. The number of carbonyl (C=O) groups excluding carboxylic acids is 1. The summed E-state index contributed by atoms with van der Waals surface area (Å²) in [5.74, 6) is -0.161. The number of carbonyl (C=O) groups is 1. The lowest BCUT2D eigenvalue weighted by Gasteiger charge is -2.28. The van der Waals surface area contributed by atoms with E-state index in [1.165, 1.54) is 12.1 Å². The predicted octanol–water partition coefficient (Wildman–Crippen LogP) is 0.960. The second-order valence-electron chi connectivity index (χ2n) is 5.35. The minimum Gasteiger partial charge on any atom is -0.348 e. The van der Waals surface area contributed by atoms with Gasteiger partial charge in [0.2, 0.25) is 0 Å². The molecule has 1 aliphatic rings. The van der Waals surface area contributed by atoms with Gasteiger partial charge in [-0.15, -0.1) is 0 Å². The van der Waals surface area contributed by atoms with Crippen LogP contribution in [0.1, 0.15) is 30.1 Å². The summed E-state index contributed by atoms with van der Waals surface area (Å²) in [5.41, 5.74) is 0.482. The molecule has 0 radical (unpaired) electrons. The molecule has 0 aromatic heterocycles. The summed E-state index contributed by atoms with van der Waals surface area (Å²) in [6, 6.07) is 6.65. The van der Waals surface area contributed by atoms with Crippen molar-refractivity contribution in [1.82, 2.24) is 10.6 Å². The van der Waals surface area contributed by atoms with Crippen molar-refractivity contribution < 1.29 is 13.2 Å². The van der Waals surface area contributed by atoms with Crippen LogP contribution in [0.4, 0.5) is 0 Å². The molecule has 20 heavy (non-hydrogen) atoms. The largest absolute Gasteiger partial charge is 0.348 e. The molecule has 0 saturated carbocycles. The van der Waals surface area contributed by atoms with Gasteiger partial charge in [-0.1, -0.05) is 0 Å². The van der Waals surface area contributed by atoms with Crippen molar-refractivity contribution in [3.63, 3.8) is 0 Å². The first-order valence-electron chi connectivity index (χ1n) is 6.70. The van der Waals surface area contributed by atoms with E-state index in [0.29, 0.717) is 11.6 Å². The minimum absolute atomic E-state index is 0.133. The van der Waals surface area contributed by atoms with E-state index in [-0.39, 0.29) is 16.8 Å². The Kier molecular flexibility index (Phi) is 4.45. The Hall–Kier alpha value is -1.40. The Balaban J connectivity index is 1.99. The van der Waals surface area contributed by atoms with Crippen LogP contribution in [0.5, 0.6) is 0 Å². The van der Waals surface area contributed by atoms with Crippen LogP contribution in [-0.2, 0) is 9.84 Å². The van der Waals surface area contributed by atoms with E-state index in [1.807, 2.05) is 0 Å². The topological polar surface area (TPSA) is 75.3 Å². The number of amides is 1.